The molecule has 0 saturated carbocycles. The molecule has 0 unspecified atom stereocenters. The van der Waals surface area contributed by atoms with Gasteiger partial charge in [0.25, 0.3) is 0 Å². The van der Waals surface area contributed by atoms with Crippen LogP contribution in [0.15, 0.2) is 12.5 Å². The Morgan fingerprint density at radius 1 is 0.978 bits per heavy atom. The molecule has 0 spiro atoms. The molecular formula is C30H52N6O9. The third kappa shape index (κ3) is 19.1. The van der Waals surface area contributed by atoms with Gasteiger partial charge >= 0.3 is 0 Å². The van der Waals surface area contributed by atoms with Crippen LogP contribution >= 0.6 is 0 Å². The quantitative estimate of drug-likeness (QED) is 0.0599. The van der Waals surface area contributed by atoms with Gasteiger partial charge in [0.15, 0.2) is 11.6 Å². The first-order valence-corrected chi connectivity index (χ1v) is 15.6. The first kappa shape index (κ1) is 39.9. The zero-order chi connectivity index (χ0) is 33.5. The highest BCUT2D eigenvalue weighted by molar-refractivity contribution is 5.88. The van der Waals surface area contributed by atoms with Crippen LogP contribution in [-0.4, -0.2) is 115 Å². The number of carbonyl (C=O) groups is 5. The number of unbranched alkanes of at least 4 members (excludes halogenated alkanes) is 1. The van der Waals surface area contributed by atoms with Crippen molar-refractivity contribution >= 4 is 29.2 Å². The van der Waals surface area contributed by atoms with Gasteiger partial charge in [-0.3, -0.25) is 24.0 Å². The predicted molar refractivity (Wildman–Crippen MR) is 165 cm³/mol. The zero-order valence-corrected chi connectivity index (χ0v) is 26.6. The van der Waals surface area contributed by atoms with Crippen molar-refractivity contribution in [2.45, 2.75) is 83.4 Å². The summed E-state index contributed by atoms with van der Waals surface area (Å²) >= 11 is 0. The van der Waals surface area contributed by atoms with Gasteiger partial charge in [-0.25, -0.2) is 4.98 Å². The number of hydrogen-bond acceptors (Lipinski definition) is 12. The van der Waals surface area contributed by atoms with Crippen LogP contribution in [0.1, 0.15) is 64.5 Å². The van der Waals surface area contributed by atoms with Gasteiger partial charge in [-0.05, 0) is 46.0 Å². The van der Waals surface area contributed by atoms with Crippen molar-refractivity contribution in [3.8, 4) is 0 Å². The van der Waals surface area contributed by atoms with E-state index in [0.717, 1.165) is 5.69 Å². The third-order valence-electron chi connectivity index (χ3n) is 7.03. The Labute approximate surface area is 264 Å². The summed E-state index contributed by atoms with van der Waals surface area (Å²) in [5, 5.41) is 15.6. The number of aromatic amines is 1. The van der Waals surface area contributed by atoms with Crippen molar-refractivity contribution in [2.75, 3.05) is 52.7 Å². The minimum atomic E-state index is -0.989. The molecule has 15 heteroatoms. The van der Waals surface area contributed by atoms with Gasteiger partial charge in [0, 0.05) is 50.9 Å². The maximum Gasteiger partial charge on any atom is 0.245 e. The smallest absolute Gasteiger partial charge is 0.245 e. The van der Waals surface area contributed by atoms with Gasteiger partial charge in [-0.1, -0.05) is 0 Å². The van der Waals surface area contributed by atoms with E-state index in [1.54, 1.807) is 6.20 Å². The topological polar surface area (TPSA) is 238 Å². The molecule has 2 amide bonds. The number of ketones is 3. The van der Waals surface area contributed by atoms with Gasteiger partial charge in [-0.2, -0.15) is 0 Å². The number of aliphatic hydroxyl groups excluding tert-OH is 1. The van der Waals surface area contributed by atoms with Gasteiger partial charge < -0.3 is 46.4 Å². The average molecular weight is 641 g/mol. The molecule has 0 aliphatic rings. The summed E-state index contributed by atoms with van der Waals surface area (Å²) in [5.41, 5.74) is 12.1. The Kier molecular flexibility index (Phi) is 21.5. The van der Waals surface area contributed by atoms with Crippen LogP contribution in [0.3, 0.4) is 0 Å². The van der Waals surface area contributed by atoms with Crippen LogP contribution in [0.2, 0.25) is 0 Å². The second-order valence-electron chi connectivity index (χ2n) is 10.8. The fourth-order valence-electron chi connectivity index (χ4n) is 4.37. The minimum absolute atomic E-state index is 0.00556. The lowest BCUT2D eigenvalue weighted by Crippen LogP contribution is -2.45. The van der Waals surface area contributed by atoms with Crippen LogP contribution in [0.4, 0.5) is 0 Å². The number of carbonyl (C=O) groups excluding carboxylic acids is 5. The minimum Gasteiger partial charge on any atom is -0.393 e. The van der Waals surface area contributed by atoms with Crippen molar-refractivity contribution < 1.29 is 43.3 Å². The van der Waals surface area contributed by atoms with Crippen LogP contribution in [0.5, 0.6) is 0 Å². The Hall–Kier alpha value is -3.08. The van der Waals surface area contributed by atoms with Crippen molar-refractivity contribution in [3.63, 3.8) is 0 Å². The lowest BCUT2D eigenvalue weighted by molar-refractivity contribution is -0.127. The number of primary amides is 1. The number of nitrogens with two attached hydrogens (primary N) is 2. The SMILES string of the molecule is CCOCC(=O)CCCOCCOCC(=O)NCCCC[C@H](NCC(=O)[C@@H](N)Cc1cnc[nH]1)C(=O)CC[C@H](C(N)=O)[C@@H](C)O. The molecule has 0 aliphatic heterocycles. The van der Waals surface area contributed by atoms with Gasteiger partial charge in [-0.15, -0.1) is 0 Å². The van der Waals surface area contributed by atoms with Crippen molar-refractivity contribution in [2.24, 2.45) is 17.4 Å². The van der Waals surface area contributed by atoms with E-state index in [4.69, 9.17) is 25.7 Å². The molecule has 0 radical (unpaired) electrons. The number of H-pyrrole nitrogens is 1. The van der Waals surface area contributed by atoms with E-state index in [0.29, 0.717) is 58.5 Å². The average Bonchev–Trinajstić information content (AvgIpc) is 3.51. The standard InChI is InChI=1S/C30H52N6O9/c1-3-43-18-23(38)7-6-12-44-13-14-45-19-29(41)34-11-5-4-8-26(27(39)10-9-24(21(2)37)30(32)42)35-17-28(40)25(31)15-22-16-33-20-36-22/h16,20-21,24-26,35,37H,3-15,17-19,31H2,1-2H3,(H2,32,42)(H,33,36)(H,34,41)/t21-,24+,25+,26+/m1/s1. The monoisotopic (exact) mass is 640 g/mol. The molecule has 0 bridgehead atoms. The zero-order valence-electron chi connectivity index (χ0n) is 26.6. The van der Waals surface area contributed by atoms with E-state index in [2.05, 4.69) is 20.6 Å². The summed E-state index contributed by atoms with van der Waals surface area (Å²) in [4.78, 5) is 67.6. The molecule has 1 heterocycles. The van der Waals surface area contributed by atoms with Crippen LogP contribution in [0, 0.1) is 5.92 Å². The van der Waals surface area contributed by atoms with Crippen LogP contribution in [0.25, 0.3) is 0 Å². The maximum absolute atomic E-state index is 13.0. The number of amides is 2. The number of imidazole rings is 1. The van der Waals surface area contributed by atoms with E-state index in [-0.39, 0.29) is 68.9 Å². The fraction of sp³-hybridized carbons (Fsp3) is 0.733. The molecule has 256 valence electrons. The molecule has 0 fully saturated rings. The van der Waals surface area contributed by atoms with Crippen LogP contribution < -0.4 is 22.1 Å². The number of nitrogens with zero attached hydrogens (tertiary/aromatic N) is 1. The Morgan fingerprint density at radius 2 is 1.73 bits per heavy atom. The summed E-state index contributed by atoms with van der Waals surface area (Å²) in [5.74, 6) is -2.27. The van der Waals surface area contributed by atoms with E-state index in [1.807, 2.05) is 6.92 Å². The van der Waals surface area contributed by atoms with Crippen molar-refractivity contribution in [1.29, 1.82) is 0 Å². The van der Waals surface area contributed by atoms with E-state index >= 15 is 0 Å². The number of ether oxygens (including phenoxy) is 3. The molecule has 0 saturated heterocycles. The molecule has 4 atom stereocenters. The van der Waals surface area contributed by atoms with Crippen LogP contribution in [-0.2, 0) is 44.6 Å². The molecule has 1 aromatic heterocycles. The highest BCUT2D eigenvalue weighted by atomic mass is 16.5. The lowest BCUT2D eigenvalue weighted by Gasteiger charge is -2.21. The van der Waals surface area contributed by atoms with Gasteiger partial charge in [0.1, 0.15) is 19.0 Å². The second-order valence-corrected chi connectivity index (χ2v) is 10.8. The number of nitrogens with one attached hydrogen (secondary N) is 3. The highest BCUT2D eigenvalue weighted by Crippen LogP contribution is 2.14. The molecule has 1 aromatic rings. The van der Waals surface area contributed by atoms with E-state index < -0.39 is 30.0 Å². The van der Waals surface area contributed by atoms with E-state index in [9.17, 15) is 29.1 Å². The first-order valence-electron chi connectivity index (χ1n) is 15.6. The summed E-state index contributed by atoms with van der Waals surface area (Å²) in [7, 11) is 0. The first-order chi connectivity index (χ1) is 21.5. The number of aromatic nitrogens is 2. The molecule has 1 rings (SSSR count). The Bertz CT molecular complexity index is 1010. The fourth-order valence-corrected chi connectivity index (χ4v) is 4.37. The summed E-state index contributed by atoms with van der Waals surface area (Å²) in [6, 6.07) is -1.47. The van der Waals surface area contributed by atoms with E-state index in [1.165, 1.54) is 13.3 Å². The highest BCUT2D eigenvalue weighted by Gasteiger charge is 2.26. The molecule has 15 nitrogen and oxygen atoms in total. The molecule has 0 aromatic carbocycles. The number of aliphatic hydroxyl groups is 1. The van der Waals surface area contributed by atoms with Gasteiger partial charge in [0.2, 0.25) is 11.8 Å². The lowest BCUT2D eigenvalue weighted by atomic mass is 9.93. The maximum atomic E-state index is 13.0. The Morgan fingerprint density at radius 3 is 2.40 bits per heavy atom. The summed E-state index contributed by atoms with van der Waals surface area (Å²) in [6.07, 6.45) is 4.98. The summed E-state index contributed by atoms with van der Waals surface area (Å²) in [6.45, 7) is 5.01. The second kappa shape index (κ2) is 24.2. The molecule has 0 aliphatic carbocycles. The van der Waals surface area contributed by atoms with Crippen molar-refractivity contribution in [3.05, 3.63) is 18.2 Å². The predicted octanol–water partition coefficient (Wildman–Crippen LogP) is -0.656. The number of Topliss-reactive ketones (excluding diaryl/α,β-unsaturated/α-hetero) is 3. The summed E-state index contributed by atoms with van der Waals surface area (Å²) < 4.78 is 15.8. The third-order valence-corrected chi connectivity index (χ3v) is 7.03. The number of rotatable bonds is 29. The van der Waals surface area contributed by atoms with Gasteiger partial charge in [0.05, 0.1) is 50.2 Å². The molecular weight excluding hydrogens is 588 g/mol. The largest absolute Gasteiger partial charge is 0.393 e. The van der Waals surface area contributed by atoms with Crippen molar-refractivity contribution in [1.82, 2.24) is 20.6 Å². The Balaban J connectivity index is 2.37. The normalized spacial score (nSPS) is 14.0. The molecule has 45 heavy (non-hydrogen) atoms. The molecule has 8 N–H and O–H groups in total. The number of hydrogen-bond donors (Lipinski definition) is 6.